The van der Waals surface area contributed by atoms with E-state index in [4.69, 9.17) is 11.6 Å². The first-order valence-electron chi connectivity index (χ1n) is 8.93. The minimum atomic E-state index is -4.65. The normalized spacial score (nSPS) is 19.1. The average molecular weight is 418 g/mol. The Bertz CT molecular complexity index is 807. The molecule has 0 aromatic heterocycles. The first kappa shape index (κ1) is 20.4. The van der Waals surface area contributed by atoms with E-state index in [0.29, 0.717) is 12.8 Å². The summed E-state index contributed by atoms with van der Waals surface area (Å²) >= 11 is 5.55. The summed E-state index contributed by atoms with van der Waals surface area (Å²) in [6, 6.07) is 2.50. The number of hydrogen-bond donors (Lipinski definition) is 2. The van der Waals surface area contributed by atoms with E-state index in [9.17, 15) is 27.6 Å². The van der Waals surface area contributed by atoms with E-state index in [1.165, 1.54) is 6.07 Å². The molecule has 1 saturated carbocycles. The largest absolute Gasteiger partial charge is 0.417 e. The number of benzene rings is 1. The number of alkyl halides is 3. The van der Waals surface area contributed by atoms with E-state index in [-0.39, 0.29) is 24.6 Å². The summed E-state index contributed by atoms with van der Waals surface area (Å²) in [5.74, 6) is -0.948. The Labute approximate surface area is 164 Å². The Hall–Kier alpha value is -2.29. The third kappa shape index (κ3) is 4.09. The summed E-state index contributed by atoms with van der Waals surface area (Å²) in [5, 5.41) is 4.61. The molecule has 0 atom stereocenters. The molecule has 1 spiro atoms. The highest BCUT2D eigenvalue weighted by Crippen LogP contribution is 2.36. The molecule has 1 aromatic rings. The molecule has 1 aromatic carbocycles. The molecule has 2 N–H and O–H groups in total. The number of anilines is 1. The zero-order chi connectivity index (χ0) is 20.5. The molecular formula is C18H19ClF3N3O3. The predicted octanol–water partition coefficient (Wildman–Crippen LogP) is 3.94. The van der Waals surface area contributed by atoms with Crippen molar-refractivity contribution in [3.63, 3.8) is 0 Å². The van der Waals surface area contributed by atoms with Gasteiger partial charge in [0.05, 0.1) is 10.6 Å². The Kier molecular flexibility index (Phi) is 5.56. The van der Waals surface area contributed by atoms with Gasteiger partial charge >= 0.3 is 12.2 Å². The van der Waals surface area contributed by atoms with E-state index in [0.717, 1.165) is 36.3 Å². The van der Waals surface area contributed by atoms with Crippen LogP contribution < -0.4 is 10.6 Å². The summed E-state index contributed by atoms with van der Waals surface area (Å²) in [5.41, 5.74) is -1.99. The summed E-state index contributed by atoms with van der Waals surface area (Å²) in [6.07, 6.45) is -1.02. The van der Waals surface area contributed by atoms with Crippen LogP contribution in [-0.2, 0) is 15.8 Å². The summed E-state index contributed by atoms with van der Waals surface area (Å²) < 4.78 is 38.7. The van der Waals surface area contributed by atoms with Crippen LogP contribution in [0.4, 0.5) is 23.7 Å². The van der Waals surface area contributed by atoms with Crippen LogP contribution in [-0.4, -0.2) is 34.8 Å². The Morgan fingerprint density at radius 3 is 2.54 bits per heavy atom. The van der Waals surface area contributed by atoms with Crippen molar-refractivity contribution in [2.75, 3.05) is 11.9 Å². The average Bonchev–Trinajstić information content (AvgIpc) is 2.84. The number of nitrogens with zero attached hydrogens (tertiary/aromatic N) is 1. The van der Waals surface area contributed by atoms with Gasteiger partial charge in [-0.3, -0.25) is 14.5 Å². The van der Waals surface area contributed by atoms with Gasteiger partial charge in [0, 0.05) is 18.7 Å². The molecule has 152 valence electrons. The molecule has 0 bridgehead atoms. The number of carbonyl (C=O) groups excluding carboxylic acids is 3. The zero-order valence-electron chi connectivity index (χ0n) is 14.9. The van der Waals surface area contributed by atoms with Gasteiger partial charge < -0.3 is 10.6 Å². The number of urea groups is 1. The topological polar surface area (TPSA) is 78.5 Å². The van der Waals surface area contributed by atoms with Crippen LogP contribution >= 0.6 is 11.6 Å². The molecule has 2 aliphatic rings. The van der Waals surface area contributed by atoms with Crippen LogP contribution in [0.3, 0.4) is 0 Å². The van der Waals surface area contributed by atoms with Crippen LogP contribution in [0.1, 0.15) is 44.1 Å². The fourth-order valence-corrected chi connectivity index (χ4v) is 3.86. The van der Waals surface area contributed by atoms with Crippen molar-refractivity contribution >= 4 is 35.1 Å². The molecule has 2 fully saturated rings. The van der Waals surface area contributed by atoms with E-state index in [1.807, 2.05) is 0 Å². The SMILES string of the molecule is O=C(CCN1C(=O)NC2(CCCCC2)C1=O)Nc1ccc(Cl)c(C(F)(F)F)c1. The number of hydrogen-bond acceptors (Lipinski definition) is 3. The lowest BCUT2D eigenvalue weighted by Crippen LogP contribution is -2.48. The van der Waals surface area contributed by atoms with E-state index >= 15 is 0 Å². The van der Waals surface area contributed by atoms with Gasteiger partial charge in [0.15, 0.2) is 0 Å². The number of halogens is 4. The van der Waals surface area contributed by atoms with E-state index < -0.39 is 34.2 Å². The maximum Gasteiger partial charge on any atom is 0.417 e. The molecule has 10 heteroatoms. The first-order chi connectivity index (χ1) is 13.1. The van der Waals surface area contributed by atoms with Gasteiger partial charge in [-0.05, 0) is 31.0 Å². The predicted molar refractivity (Wildman–Crippen MR) is 95.8 cm³/mol. The van der Waals surface area contributed by atoms with Crippen LogP contribution in [0.5, 0.6) is 0 Å². The molecule has 4 amide bonds. The van der Waals surface area contributed by atoms with Crippen molar-refractivity contribution in [3.8, 4) is 0 Å². The standard InChI is InChI=1S/C18H19ClF3N3O3/c19-13-5-4-11(10-12(13)18(20,21)22)23-14(26)6-9-25-15(27)17(24-16(25)28)7-2-1-3-8-17/h4-5,10H,1-3,6-9H2,(H,23,26)(H,24,28). The Morgan fingerprint density at radius 1 is 1.21 bits per heavy atom. The highest BCUT2D eigenvalue weighted by atomic mass is 35.5. The van der Waals surface area contributed by atoms with Gasteiger partial charge in [0.2, 0.25) is 5.91 Å². The molecule has 3 rings (SSSR count). The van der Waals surface area contributed by atoms with E-state index in [2.05, 4.69) is 10.6 Å². The lowest BCUT2D eigenvalue weighted by molar-refractivity contribution is -0.137. The maximum atomic E-state index is 12.9. The molecule has 1 heterocycles. The molecule has 0 unspecified atom stereocenters. The monoisotopic (exact) mass is 417 g/mol. The van der Waals surface area contributed by atoms with Crippen molar-refractivity contribution < 1.29 is 27.6 Å². The number of carbonyl (C=O) groups is 3. The fourth-order valence-electron chi connectivity index (χ4n) is 3.63. The molecule has 1 aliphatic heterocycles. The smallest absolute Gasteiger partial charge is 0.326 e. The van der Waals surface area contributed by atoms with Crippen molar-refractivity contribution in [2.45, 2.75) is 50.2 Å². The molecule has 0 radical (unpaired) electrons. The van der Waals surface area contributed by atoms with Crippen LogP contribution in [0.15, 0.2) is 18.2 Å². The molecule has 1 aliphatic carbocycles. The lowest BCUT2D eigenvalue weighted by Gasteiger charge is -2.30. The Morgan fingerprint density at radius 2 is 1.89 bits per heavy atom. The second-order valence-corrected chi connectivity index (χ2v) is 7.43. The van der Waals surface area contributed by atoms with Gasteiger partial charge in [-0.25, -0.2) is 4.79 Å². The zero-order valence-corrected chi connectivity index (χ0v) is 15.6. The lowest BCUT2D eigenvalue weighted by atomic mass is 9.82. The highest BCUT2D eigenvalue weighted by Gasteiger charge is 2.51. The van der Waals surface area contributed by atoms with Crippen molar-refractivity contribution in [1.29, 1.82) is 0 Å². The third-order valence-corrected chi connectivity index (χ3v) is 5.40. The van der Waals surface area contributed by atoms with Gasteiger partial charge in [-0.2, -0.15) is 13.2 Å². The van der Waals surface area contributed by atoms with Crippen LogP contribution in [0, 0.1) is 0 Å². The molecule has 28 heavy (non-hydrogen) atoms. The van der Waals surface area contributed by atoms with Crippen LogP contribution in [0.25, 0.3) is 0 Å². The number of imide groups is 1. The summed E-state index contributed by atoms with van der Waals surface area (Å²) in [6.45, 7) is -0.141. The highest BCUT2D eigenvalue weighted by molar-refractivity contribution is 6.31. The Balaban J connectivity index is 1.60. The van der Waals surface area contributed by atoms with Gasteiger partial charge in [-0.15, -0.1) is 0 Å². The number of amides is 4. The molecule has 6 nitrogen and oxygen atoms in total. The van der Waals surface area contributed by atoms with Crippen molar-refractivity contribution in [1.82, 2.24) is 10.2 Å². The van der Waals surface area contributed by atoms with Gasteiger partial charge in [0.1, 0.15) is 5.54 Å². The number of nitrogens with one attached hydrogen (secondary N) is 2. The second-order valence-electron chi connectivity index (χ2n) is 7.02. The second kappa shape index (κ2) is 7.62. The van der Waals surface area contributed by atoms with Gasteiger partial charge in [-0.1, -0.05) is 30.9 Å². The summed E-state index contributed by atoms with van der Waals surface area (Å²) in [4.78, 5) is 37.9. The molecular weight excluding hydrogens is 399 g/mol. The summed E-state index contributed by atoms with van der Waals surface area (Å²) in [7, 11) is 0. The van der Waals surface area contributed by atoms with E-state index in [1.54, 1.807) is 0 Å². The number of rotatable bonds is 4. The fraction of sp³-hybridized carbons (Fsp3) is 0.500. The maximum absolute atomic E-state index is 12.9. The van der Waals surface area contributed by atoms with Crippen molar-refractivity contribution in [2.24, 2.45) is 0 Å². The third-order valence-electron chi connectivity index (χ3n) is 5.07. The molecule has 1 saturated heterocycles. The minimum Gasteiger partial charge on any atom is -0.326 e. The van der Waals surface area contributed by atoms with Crippen LogP contribution in [0.2, 0.25) is 5.02 Å². The first-order valence-corrected chi connectivity index (χ1v) is 9.31. The van der Waals surface area contributed by atoms with Crippen molar-refractivity contribution in [3.05, 3.63) is 28.8 Å². The van der Waals surface area contributed by atoms with Gasteiger partial charge in [0.25, 0.3) is 5.91 Å². The minimum absolute atomic E-state index is 0.0670. The quantitative estimate of drug-likeness (QED) is 0.728.